The number of piperazine rings is 1. The van der Waals surface area contributed by atoms with Gasteiger partial charge in [-0.2, -0.15) is 0 Å². The third-order valence-corrected chi connectivity index (χ3v) is 6.77. The van der Waals surface area contributed by atoms with Gasteiger partial charge in [0.2, 0.25) is 10.0 Å². The maximum Gasteiger partial charge on any atom is 0.335 e. The van der Waals surface area contributed by atoms with E-state index in [0.717, 1.165) is 23.9 Å². The molecule has 2 aromatic rings. The Morgan fingerprint density at radius 2 is 1.66 bits per heavy atom. The van der Waals surface area contributed by atoms with Crippen molar-refractivity contribution in [3.8, 4) is 0 Å². The van der Waals surface area contributed by atoms with Crippen LogP contribution in [0.1, 0.15) is 15.9 Å². The van der Waals surface area contributed by atoms with Crippen LogP contribution in [0, 0.1) is 0 Å². The van der Waals surface area contributed by atoms with Gasteiger partial charge in [0, 0.05) is 46.8 Å². The Kier molecular flexibility index (Phi) is 7.81. The zero-order chi connectivity index (χ0) is 20.3. The monoisotopic (exact) mass is 483 g/mol. The first kappa shape index (κ1) is 23.3. The van der Waals surface area contributed by atoms with Gasteiger partial charge in [0.25, 0.3) is 0 Å². The van der Waals surface area contributed by atoms with Crippen LogP contribution < -0.4 is 4.90 Å². The topological polar surface area (TPSA) is 81.2 Å². The minimum absolute atomic E-state index is 0. The Morgan fingerprint density at radius 3 is 2.21 bits per heavy atom. The molecule has 1 fully saturated rings. The lowest BCUT2D eigenvalue weighted by Gasteiger charge is -2.37. The van der Waals surface area contributed by atoms with Crippen molar-refractivity contribution < 1.29 is 18.3 Å². The molecule has 1 aliphatic rings. The number of aromatic carboxylic acids is 1. The van der Waals surface area contributed by atoms with Crippen molar-refractivity contribution in [3.63, 3.8) is 0 Å². The number of sulfonamides is 1. The van der Waals surface area contributed by atoms with Crippen LogP contribution in [-0.2, 0) is 16.6 Å². The summed E-state index contributed by atoms with van der Waals surface area (Å²) in [6.07, 6.45) is 0. The van der Waals surface area contributed by atoms with E-state index in [1.54, 1.807) is 6.07 Å². The molecule has 0 atom stereocenters. The number of carbonyl (C=O) groups is 1. The van der Waals surface area contributed by atoms with Crippen LogP contribution >= 0.6 is 17.0 Å². The van der Waals surface area contributed by atoms with E-state index >= 15 is 0 Å². The fraction of sp³-hybridized carbons (Fsp3) is 0.350. The maximum absolute atomic E-state index is 12.8. The quantitative estimate of drug-likeness (QED) is 0.679. The van der Waals surface area contributed by atoms with Crippen LogP contribution in [0.3, 0.4) is 0 Å². The predicted octanol–water partition coefficient (Wildman–Crippen LogP) is 2.54. The molecule has 0 radical (unpaired) electrons. The molecule has 0 unspecified atom stereocenters. The van der Waals surface area contributed by atoms with Gasteiger partial charge in [-0.1, -0.05) is 30.3 Å². The summed E-state index contributed by atoms with van der Waals surface area (Å²) >= 11 is 0. The van der Waals surface area contributed by atoms with Gasteiger partial charge < -0.3 is 10.0 Å². The molecule has 1 aliphatic heterocycles. The number of carboxylic acids is 1. The fourth-order valence-electron chi connectivity index (χ4n) is 3.30. The highest BCUT2D eigenvalue weighted by Crippen LogP contribution is 2.29. The third kappa shape index (κ3) is 5.36. The van der Waals surface area contributed by atoms with Crippen LogP contribution in [0.15, 0.2) is 53.4 Å². The van der Waals surface area contributed by atoms with Crippen molar-refractivity contribution in [2.45, 2.75) is 11.4 Å². The van der Waals surface area contributed by atoms with Gasteiger partial charge in [-0.15, -0.1) is 17.0 Å². The van der Waals surface area contributed by atoms with Crippen molar-refractivity contribution in [1.29, 1.82) is 0 Å². The first-order valence-corrected chi connectivity index (χ1v) is 10.5. The highest BCUT2D eigenvalue weighted by Gasteiger charge is 2.27. The van der Waals surface area contributed by atoms with Crippen molar-refractivity contribution >= 4 is 38.7 Å². The molecule has 29 heavy (non-hydrogen) atoms. The summed E-state index contributed by atoms with van der Waals surface area (Å²) < 4.78 is 26.7. The van der Waals surface area contributed by atoms with E-state index < -0.39 is 16.0 Å². The molecule has 3 rings (SSSR count). The lowest BCUT2D eigenvalue weighted by Crippen LogP contribution is -2.46. The first-order valence-electron chi connectivity index (χ1n) is 9.10. The van der Waals surface area contributed by atoms with E-state index in [-0.39, 0.29) is 27.4 Å². The van der Waals surface area contributed by atoms with Gasteiger partial charge in [-0.3, -0.25) is 4.90 Å². The Labute approximate surface area is 182 Å². The number of nitrogens with zero attached hydrogens (tertiary/aromatic N) is 3. The van der Waals surface area contributed by atoms with E-state index in [1.165, 1.54) is 31.8 Å². The smallest absolute Gasteiger partial charge is 0.335 e. The van der Waals surface area contributed by atoms with E-state index in [9.17, 15) is 18.3 Å². The minimum atomic E-state index is -3.76. The number of carboxylic acid groups (broad SMARTS) is 1. The molecule has 158 valence electrons. The lowest BCUT2D eigenvalue weighted by molar-refractivity contribution is 0.0696. The normalized spacial score (nSPS) is 15.2. The van der Waals surface area contributed by atoms with Crippen LogP contribution in [0.25, 0.3) is 0 Å². The van der Waals surface area contributed by atoms with Crippen molar-refractivity contribution in [3.05, 3.63) is 59.7 Å². The summed E-state index contributed by atoms with van der Waals surface area (Å²) in [5.41, 5.74) is 1.77. The molecule has 0 spiro atoms. The predicted molar refractivity (Wildman–Crippen MR) is 119 cm³/mol. The molecule has 0 saturated carbocycles. The molecule has 1 heterocycles. The van der Waals surface area contributed by atoms with Crippen molar-refractivity contribution in [1.82, 2.24) is 9.21 Å². The number of hydrogen-bond donors (Lipinski definition) is 1. The number of halogens is 1. The van der Waals surface area contributed by atoms with E-state index in [4.69, 9.17) is 0 Å². The summed E-state index contributed by atoms with van der Waals surface area (Å²) in [5.74, 6) is -1.14. The second-order valence-corrected chi connectivity index (χ2v) is 9.14. The Morgan fingerprint density at radius 1 is 1.03 bits per heavy atom. The Bertz CT molecular complexity index is 943. The number of anilines is 1. The van der Waals surface area contributed by atoms with Crippen molar-refractivity contribution in [2.24, 2.45) is 0 Å². The molecule has 0 bridgehead atoms. The van der Waals surface area contributed by atoms with Gasteiger partial charge in [0.15, 0.2) is 0 Å². The summed E-state index contributed by atoms with van der Waals surface area (Å²) in [6, 6.07) is 14.5. The molecule has 7 nitrogen and oxygen atoms in total. The Balaban J connectivity index is 0.00000300. The van der Waals surface area contributed by atoms with E-state index in [0.29, 0.717) is 18.8 Å². The molecule has 1 N–H and O–H groups in total. The second-order valence-electron chi connectivity index (χ2n) is 7.02. The van der Waals surface area contributed by atoms with Gasteiger partial charge in [0.1, 0.15) is 4.90 Å². The van der Waals surface area contributed by atoms with E-state index in [1.807, 2.05) is 23.1 Å². The molecule has 0 amide bonds. The minimum Gasteiger partial charge on any atom is -0.478 e. The summed E-state index contributed by atoms with van der Waals surface area (Å²) in [7, 11) is -0.863. The summed E-state index contributed by atoms with van der Waals surface area (Å²) in [6.45, 7) is 3.81. The van der Waals surface area contributed by atoms with Crippen LogP contribution in [0.2, 0.25) is 0 Å². The lowest BCUT2D eigenvalue weighted by atomic mass is 10.1. The van der Waals surface area contributed by atoms with Crippen molar-refractivity contribution in [2.75, 3.05) is 45.2 Å². The zero-order valence-electron chi connectivity index (χ0n) is 16.5. The fourth-order valence-corrected chi connectivity index (χ4v) is 4.43. The first-order chi connectivity index (χ1) is 13.3. The maximum atomic E-state index is 12.8. The summed E-state index contributed by atoms with van der Waals surface area (Å²) in [4.78, 5) is 15.7. The standard InChI is InChI=1S/C20H25N3O4S.BrH/c1-21(2)28(26,27)19-14-17(20(24)25)8-9-18(19)23-12-10-22(11-13-23)15-16-6-4-3-5-7-16;/h3-9,14H,10-13,15H2,1-2H3,(H,24,25);1H. The molecule has 0 aliphatic carbocycles. The van der Waals surface area contributed by atoms with Gasteiger partial charge in [0.05, 0.1) is 11.3 Å². The number of benzene rings is 2. The molecule has 2 aromatic carbocycles. The highest BCUT2D eigenvalue weighted by molar-refractivity contribution is 8.93. The number of hydrogen-bond acceptors (Lipinski definition) is 5. The average molecular weight is 484 g/mol. The van der Waals surface area contributed by atoms with Crippen LogP contribution in [0.5, 0.6) is 0 Å². The largest absolute Gasteiger partial charge is 0.478 e. The van der Waals surface area contributed by atoms with E-state index in [2.05, 4.69) is 17.0 Å². The molecule has 9 heteroatoms. The average Bonchev–Trinajstić information content (AvgIpc) is 2.69. The molecule has 0 aromatic heterocycles. The van der Waals surface area contributed by atoms with Gasteiger partial charge in [-0.25, -0.2) is 17.5 Å². The highest BCUT2D eigenvalue weighted by atomic mass is 79.9. The summed E-state index contributed by atoms with van der Waals surface area (Å²) in [5, 5.41) is 9.26. The molecule has 1 saturated heterocycles. The molecular formula is C20H26BrN3O4S. The van der Waals surface area contributed by atoms with Crippen LogP contribution in [0.4, 0.5) is 5.69 Å². The van der Waals surface area contributed by atoms with Gasteiger partial charge >= 0.3 is 5.97 Å². The Hall–Kier alpha value is -1.94. The molecular weight excluding hydrogens is 458 g/mol. The third-order valence-electron chi connectivity index (χ3n) is 4.93. The SMILES string of the molecule is Br.CN(C)S(=O)(=O)c1cc(C(=O)O)ccc1N1CCN(Cc2ccccc2)CC1. The second kappa shape index (κ2) is 9.71. The number of rotatable bonds is 6. The van der Waals surface area contributed by atoms with Crippen LogP contribution in [-0.4, -0.2) is 69.0 Å². The van der Waals surface area contributed by atoms with Gasteiger partial charge in [-0.05, 0) is 23.8 Å². The zero-order valence-corrected chi connectivity index (χ0v) is 19.0.